The minimum absolute atomic E-state index is 0.0326. The summed E-state index contributed by atoms with van der Waals surface area (Å²) in [4.78, 5) is 36.1. The van der Waals surface area contributed by atoms with Crippen molar-refractivity contribution in [2.75, 3.05) is 12.3 Å². The molecule has 0 aromatic rings. The van der Waals surface area contributed by atoms with Crippen LogP contribution in [0.5, 0.6) is 0 Å². The van der Waals surface area contributed by atoms with E-state index in [9.17, 15) is 14.4 Å². The molecule has 0 unspecified atom stereocenters. The molecule has 1 amide bonds. The molecule has 1 N–H and O–H groups in total. The molecule has 31 heavy (non-hydrogen) atoms. The molecule has 0 aromatic heterocycles. The van der Waals surface area contributed by atoms with E-state index in [4.69, 9.17) is 0 Å². The predicted octanol–water partition coefficient (Wildman–Crippen LogP) is 5.25. The van der Waals surface area contributed by atoms with Crippen molar-refractivity contribution in [1.82, 2.24) is 5.32 Å². The van der Waals surface area contributed by atoms with Gasteiger partial charge in [0.15, 0.2) is 5.12 Å². The van der Waals surface area contributed by atoms with E-state index in [1.54, 1.807) is 0 Å². The quantitative estimate of drug-likeness (QED) is 0.585. The number of amides is 1. The summed E-state index contributed by atoms with van der Waals surface area (Å²) in [7, 11) is 0. The summed E-state index contributed by atoms with van der Waals surface area (Å²) in [5, 5.41) is 3.10. The zero-order valence-corrected chi connectivity index (χ0v) is 20.7. The SMILES string of the molecule is CC(=O)NCCSC(=O)[C@@H](C)[C@H]1CC[C@H]2[C@@H]3CC[C@H]4CC(=O)CC[C@]4(C)[C@H]3CC[C@]12C. The van der Waals surface area contributed by atoms with Crippen molar-refractivity contribution in [1.29, 1.82) is 0 Å². The molecule has 5 heteroatoms. The molecule has 0 aliphatic heterocycles. The molecule has 4 rings (SSSR count). The average molecular weight is 448 g/mol. The Morgan fingerprint density at radius 3 is 2.55 bits per heavy atom. The number of hydrogen-bond acceptors (Lipinski definition) is 4. The molecule has 174 valence electrons. The third kappa shape index (κ3) is 4.13. The Labute approximate surface area is 192 Å². The highest BCUT2D eigenvalue weighted by Crippen LogP contribution is 2.68. The molecule has 0 heterocycles. The van der Waals surface area contributed by atoms with Gasteiger partial charge in [0.1, 0.15) is 5.78 Å². The van der Waals surface area contributed by atoms with E-state index in [2.05, 4.69) is 26.1 Å². The minimum Gasteiger partial charge on any atom is -0.356 e. The maximum atomic E-state index is 13.0. The van der Waals surface area contributed by atoms with E-state index in [0.29, 0.717) is 40.4 Å². The number of hydrogen-bond donors (Lipinski definition) is 1. The van der Waals surface area contributed by atoms with Crippen LogP contribution in [0, 0.1) is 46.3 Å². The molecule has 4 fully saturated rings. The lowest BCUT2D eigenvalue weighted by atomic mass is 9.44. The first-order valence-electron chi connectivity index (χ1n) is 12.6. The van der Waals surface area contributed by atoms with Crippen LogP contribution < -0.4 is 5.32 Å². The van der Waals surface area contributed by atoms with E-state index < -0.39 is 0 Å². The van der Waals surface area contributed by atoms with E-state index in [0.717, 1.165) is 37.0 Å². The fourth-order valence-corrected chi connectivity index (χ4v) is 9.41. The Balaban J connectivity index is 1.43. The standard InChI is InChI=1S/C26H41NO3S/c1-16(24(30)31-14-13-27-17(2)28)21-7-8-22-20-6-5-18-15-19(29)9-11-25(18,3)23(20)10-12-26(21,22)4/h16,18,20-23H,5-15H2,1-4H3,(H,27,28)/t16-,18-,20-,21+,22-,23-,25-,26+/m0/s1. The second-order valence-corrected chi connectivity index (χ2v) is 12.7. The fourth-order valence-electron chi connectivity index (χ4n) is 8.58. The van der Waals surface area contributed by atoms with Gasteiger partial charge in [-0.15, -0.1) is 0 Å². The number of thioether (sulfide) groups is 1. The smallest absolute Gasteiger partial charge is 0.216 e. The maximum Gasteiger partial charge on any atom is 0.216 e. The number of fused-ring (bicyclic) bond motifs is 5. The average Bonchev–Trinajstić information content (AvgIpc) is 3.08. The number of rotatable bonds is 5. The monoisotopic (exact) mass is 447 g/mol. The Morgan fingerprint density at radius 2 is 1.81 bits per heavy atom. The third-order valence-electron chi connectivity index (χ3n) is 10.3. The molecule has 4 saturated carbocycles. The van der Waals surface area contributed by atoms with E-state index in [1.165, 1.54) is 57.2 Å². The molecule has 0 bridgehead atoms. The number of ketones is 1. The minimum atomic E-state index is -0.0326. The highest BCUT2D eigenvalue weighted by molar-refractivity contribution is 8.13. The van der Waals surface area contributed by atoms with Gasteiger partial charge < -0.3 is 5.32 Å². The Morgan fingerprint density at radius 1 is 1.06 bits per heavy atom. The zero-order chi connectivity index (χ0) is 22.4. The summed E-state index contributed by atoms with van der Waals surface area (Å²) in [5.41, 5.74) is 0.638. The molecule has 4 nitrogen and oxygen atoms in total. The molecule has 0 spiro atoms. The van der Waals surface area contributed by atoms with Gasteiger partial charge in [-0.05, 0) is 85.4 Å². The number of carbonyl (C=O) groups excluding carboxylic acids is 3. The molecule has 0 saturated heterocycles. The van der Waals surface area contributed by atoms with Crippen LogP contribution >= 0.6 is 11.8 Å². The summed E-state index contributed by atoms with van der Waals surface area (Å²) < 4.78 is 0. The second kappa shape index (κ2) is 8.83. The van der Waals surface area contributed by atoms with Crippen LogP contribution in [0.1, 0.15) is 85.5 Å². The fraction of sp³-hybridized carbons (Fsp3) is 0.885. The number of Topliss-reactive ketones (excluding diaryl/α,β-unsaturated/α-hetero) is 1. The molecule has 0 aromatic carbocycles. The highest BCUT2D eigenvalue weighted by Gasteiger charge is 2.61. The van der Waals surface area contributed by atoms with Crippen LogP contribution in [0.15, 0.2) is 0 Å². The first-order valence-corrected chi connectivity index (χ1v) is 13.6. The number of nitrogens with one attached hydrogen (secondary N) is 1. The van der Waals surface area contributed by atoms with E-state index in [1.807, 2.05) is 0 Å². The molecular formula is C26H41NO3S. The van der Waals surface area contributed by atoms with Gasteiger partial charge in [-0.3, -0.25) is 14.4 Å². The largest absolute Gasteiger partial charge is 0.356 e. The van der Waals surface area contributed by atoms with Crippen molar-refractivity contribution >= 4 is 28.6 Å². The topological polar surface area (TPSA) is 63.2 Å². The van der Waals surface area contributed by atoms with Crippen molar-refractivity contribution in [3.05, 3.63) is 0 Å². The van der Waals surface area contributed by atoms with Crippen molar-refractivity contribution < 1.29 is 14.4 Å². The van der Waals surface area contributed by atoms with Crippen LogP contribution in [0.2, 0.25) is 0 Å². The van der Waals surface area contributed by atoms with Gasteiger partial charge in [0.2, 0.25) is 5.91 Å². The van der Waals surface area contributed by atoms with Crippen LogP contribution in [0.4, 0.5) is 0 Å². The Hall–Kier alpha value is -0.840. The van der Waals surface area contributed by atoms with Crippen molar-refractivity contribution in [3.63, 3.8) is 0 Å². The second-order valence-electron chi connectivity index (χ2n) is 11.6. The summed E-state index contributed by atoms with van der Waals surface area (Å²) in [6, 6.07) is 0. The number of carbonyl (C=O) groups is 3. The van der Waals surface area contributed by atoms with Gasteiger partial charge in [-0.25, -0.2) is 0 Å². The summed E-state index contributed by atoms with van der Waals surface area (Å²) in [6.45, 7) is 9.24. The Kier molecular flexibility index (Phi) is 6.65. The normalized spacial score (nSPS) is 42.8. The van der Waals surface area contributed by atoms with Crippen LogP contribution in [-0.2, 0) is 14.4 Å². The molecule has 4 aliphatic carbocycles. The molecular weight excluding hydrogens is 406 g/mol. The van der Waals surface area contributed by atoms with Gasteiger partial charge in [0.05, 0.1) is 0 Å². The van der Waals surface area contributed by atoms with Crippen molar-refractivity contribution in [2.45, 2.75) is 85.5 Å². The zero-order valence-electron chi connectivity index (χ0n) is 19.9. The highest BCUT2D eigenvalue weighted by atomic mass is 32.2. The predicted molar refractivity (Wildman–Crippen MR) is 126 cm³/mol. The molecule has 4 aliphatic rings. The van der Waals surface area contributed by atoms with Gasteiger partial charge in [0, 0.05) is 38.0 Å². The van der Waals surface area contributed by atoms with Crippen LogP contribution in [-0.4, -0.2) is 29.1 Å². The summed E-state index contributed by atoms with van der Waals surface area (Å²) in [6.07, 6.45) is 10.2. The van der Waals surface area contributed by atoms with E-state index >= 15 is 0 Å². The maximum absolute atomic E-state index is 13.0. The van der Waals surface area contributed by atoms with Gasteiger partial charge >= 0.3 is 0 Å². The van der Waals surface area contributed by atoms with Crippen LogP contribution in [0.25, 0.3) is 0 Å². The van der Waals surface area contributed by atoms with Gasteiger partial charge in [0.25, 0.3) is 0 Å². The van der Waals surface area contributed by atoms with Crippen LogP contribution in [0.3, 0.4) is 0 Å². The van der Waals surface area contributed by atoms with Gasteiger partial charge in [-0.2, -0.15) is 0 Å². The lowest BCUT2D eigenvalue weighted by Gasteiger charge is -2.60. The third-order valence-corrected chi connectivity index (χ3v) is 11.3. The summed E-state index contributed by atoms with van der Waals surface area (Å²) >= 11 is 1.40. The molecule has 0 radical (unpaired) electrons. The first kappa shape index (κ1) is 23.3. The van der Waals surface area contributed by atoms with Gasteiger partial charge in [-0.1, -0.05) is 32.5 Å². The van der Waals surface area contributed by atoms with Crippen molar-refractivity contribution in [2.24, 2.45) is 46.3 Å². The lowest BCUT2D eigenvalue weighted by Crippen LogP contribution is -2.54. The molecule has 8 atom stereocenters. The lowest BCUT2D eigenvalue weighted by molar-refractivity contribution is -0.141. The Bertz CT molecular complexity index is 738. The van der Waals surface area contributed by atoms with Crippen molar-refractivity contribution in [3.8, 4) is 0 Å². The first-order chi connectivity index (χ1) is 14.7. The van der Waals surface area contributed by atoms with E-state index in [-0.39, 0.29) is 17.2 Å². The summed E-state index contributed by atoms with van der Waals surface area (Å²) in [5.74, 6) is 4.61.